The van der Waals surface area contributed by atoms with Crippen LogP contribution in [0.4, 0.5) is 4.79 Å². The van der Waals surface area contributed by atoms with Crippen molar-refractivity contribution in [3.63, 3.8) is 0 Å². The van der Waals surface area contributed by atoms with Gasteiger partial charge in [-0.3, -0.25) is 4.18 Å². The highest BCUT2D eigenvalue weighted by Gasteiger charge is 2.52. The van der Waals surface area contributed by atoms with Crippen LogP contribution >= 0.6 is 0 Å². The minimum Gasteiger partial charge on any atom is -0.444 e. The smallest absolute Gasteiger partial charge is 0.408 e. The summed E-state index contributed by atoms with van der Waals surface area (Å²) in [5.74, 6) is -0.828. The zero-order chi connectivity index (χ0) is 23.0. The van der Waals surface area contributed by atoms with Crippen molar-refractivity contribution in [3.05, 3.63) is 29.8 Å². The minimum absolute atomic E-state index is 0.0874. The molecule has 0 radical (unpaired) electrons. The molecule has 4 atom stereocenters. The first-order valence-corrected chi connectivity index (χ1v) is 11.6. The Hall–Kier alpha value is -1.72. The maximum absolute atomic E-state index is 12.2. The van der Waals surface area contributed by atoms with Crippen LogP contribution in [0, 0.1) is 0 Å². The zero-order valence-electron chi connectivity index (χ0n) is 18.7. The maximum Gasteiger partial charge on any atom is 0.408 e. The van der Waals surface area contributed by atoms with E-state index < -0.39 is 45.8 Å². The van der Waals surface area contributed by atoms with Crippen LogP contribution in [0.5, 0.6) is 0 Å². The van der Waals surface area contributed by atoms with Gasteiger partial charge in [-0.05, 0) is 52.3 Å². The van der Waals surface area contributed by atoms with E-state index in [1.165, 1.54) is 12.1 Å². The van der Waals surface area contributed by atoms with E-state index in [0.717, 1.165) is 12.7 Å². The molecule has 2 aliphatic heterocycles. The van der Waals surface area contributed by atoms with Crippen LogP contribution in [0.25, 0.3) is 0 Å². The molecular weight excluding hydrogens is 426 g/mol. The second kappa shape index (κ2) is 8.67. The third-order valence-corrected chi connectivity index (χ3v) is 6.28. The van der Waals surface area contributed by atoms with E-state index in [9.17, 15) is 13.2 Å². The van der Waals surface area contributed by atoms with Gasteiger partial charge in [-0.2, -0.15) is 8.42 Å². The molecule has 1 aromatic carbocycles. The molecular formula is C21H31NO8S. The minimum atomic E-state index is -3.74. The number of carbonyl (C=O) groups is 1. The monoisotopic (exact) mass is 457 g/mol. The molecule has 2 fully saturated rings. The zero-order valence-corrected chi connectivity index (χ0v) is 19.5. The van der Waals surface area contributed by atoms with E-state index in [2.05, 4.69) is 9.50 Å². The Kier molecular flexibility index (Phi) is 6.69. The third-order valence-electron chi connectivity index (χ3n) is 4.99. The van der Waals surface area contributed by atoms with Crippen LogP contribution in [0.3, 0.4) is 0 Å². The van der Waals surface area contributed by atoms with Gasteiger partial charge in [0.25, 0.3) is 10.1 Å². The van der Waals surface area contributed by atoms with Gasteiger partial charge in [0, 0.05) is 6.42 Å². The Morgan fingerprint density at radius 1 is 1.16 bits per heavy atom. The number of carbonyl (C=O) groups excluding carboxylic acids is 1. The molecule has 2 aliphatic rings. The number of hydrogen-bond donors (Lipinski definition) is 1. The summed E-state index contributed by atoms with van der Waals surface area (Å²) in [6, 6.07) is 6.01. The van der Waals surface area contributed by atoms with Crippen molar-refractivity contribution in [2.24, 2.45) is 0 Å². The fourth-order valence-electron chi connectivity index (χ4n) is 3.71. The van der Waals surface area contributed by atoms with E-state index in [-0.39, 0.29) is 17.6 Å². The first-order chi connectivity index (χ1) is 14.3. The summed E-state index contributed by atoms with van der Waals surface area (Å²) in [7, 11) is -2.61. The number of hydrogen-bond acceptors (Lipinski definition) is 8. The fourth-order valence-corrected chi connectivity index (χ4v) is 4.37. The first kappa shape index (κ1) is 23.9. The predicted octanol–water partition coefficient (Wildman–Crippen LogP) is 2.38. The fraction of sp³-hybridized carbons (Fsp3) is 0.667. The van der Waals surface area contributed by atoms with Crippen LogP contribution in [0.1, 0.15) is 40.2 Å². The summed E-state index contributed by atoms with van der Waals surface area (Å²) in [6.45, 7) is 9.26. The predicted molar refractivity (Wildman–Crippen MR) is 111 cm³/mol. The van der Waals surface area contributed by atoms with Crippen molar-refractivity contribution in [1.29, 1.82) is 0 Å². The average Bonchev–Trinajstić information content (AvgIpc) is 2.98. The van der Waals surface area contributed by atoms with E-state index >= 15 is 0 Å². The van der Waals surface area contributed by atoms with Gasteiger partial charge in [0.05, 0.1) is 30.8 Å². The molecule has 1 aromatic rings. The maximum atomic E-state index is 12.2. The van der Waals surface area contributed by atoms with Gasteiger partial charge < -0.3 is 24.3 Å². The second-order valence-electron chi connectivity index (χ2n) is 9.16. The summed E-state index contributed by atoms with van der Waals surface area (Å²) >= 11 is 0. The number of ether oxygens (including phenoxy) is 4. The van der Waals surface area contributed by atoms with Crippen LogP contribution in [0.15, 0.2) is 29.2 Å². The lowest BCUT2D eigenvalue weighted by molar-refractivity contribution is -0.153. The number of nitrogens with one attached hydrogen (secondary N) is 1. The summed E-state index contributed by atoms with van der Waals surface area (Å²) in [5.41, 5.74) is 0.265. The summed E-state index contributed by atoms with van der Waals surface area (Å²) in [4.78, 5) is 12.3. The molecule has 2 saturated heterocycles. The third kappa shape index (κ3) is 5.95. The molecule has 31 heavy (non-hydrogen) atoms. The van der Waals surface area contributed by atoms with Crippen molar-refractivity contribution >= 4 is 16.2 Å². The van der Waals surface area contributed by atoms with Crippen molar-refractivity contribution < 1.29 is 36.3 Å². The van der Waals surface area contributed by atoms with E-state index in [1.54, 1.807) is 32.9 Å². The number of benzene rings is 1. The molecule has 1 amide bonds. The molecule has 10 heteroatoms. The largest absolute Gasteiger partial charge is 0.444 e. The lowest BCUT2D eigenvalue weighted by Gasteiger charge is -2.37. The van der Waals surface area contributed by atoms with E-state index in [4.69, 9.17) is 18.9 Å². The molecule has 0 aromatic heterocycles. The molecule has 3 rings (SSSR count). The quantitative estimate of drug-likeness (QED) is 0.671. The van der Waals surface area contributed by atoms with E-state index in [1.807, 2.05) is 13.8 Å². The Labute approximate surface area is 183 Å². The number of fused-ring (bicyclic) bond motifs is 1. The van der Waals surface area contributed by atoms with Crippen molar-refractivity contribution in [3.8, 4) is 0 Å². The lowest BCUT2D eigenvalue weighted by atomic mass is 9.94. The van der Waals surface area contributed by atoms with Gasteiger partial charge in [-0.25, -0.2) is 4.79 Å². The molecule has 174 valence electrons. The van der Waals surface area contributed by atoms with E-state index in [0.29, 0.717) is 6.42 Å². The van der Waals surface area contributed by atoms with Gasteiger partial charge in [0.15, 0.2) is 5.79 Å². The highest BCUT2D eigenvalue weighted by atomic mass is 32.2. The Bertz CT molecular complexity index is 891. The molecule has 1 N–H and O–H groups in total. The Morgan fingerprint density at radius 2 is 1.77 bits per heavy atom. The highest BCUT2D eigenvalue weighted by molar-refractivity contribution is 7.86. The van der Waals surface area contributed by atoms with Crippen LogP contribution < -0.4 is 5.32 Å². The number of rotatable bonds is 5. The standard InChI is InChI=1S/C21H31NO8S/c1-20(2,3)30-19(23)22-15-12-27-16(18-17(15)28-21(4,5)29-18)11-13-7-9-14(10-8-13)31(24,25)26-6/h7-10,15-18H,11-12H2,1-6H3,(H,22,23)/t15-,16+,17+,18+/m0/s1. The van der Waals surface area contributed by atoms with Gasteiger partial charge in [0.2, 0.25) is 0 Å². The normalized spacial score (nSPS) is 28.1. The Morgan fingerprint density at radius 3 is 2.35 bits per heavy atom. The first-order valence-electron chi connectivity index (χ1n) is 10.2. The van der Waals surface area contributed by atoms with Crippen LogP contribution in [-0.4, -0.2) is 64.0 Å². The topological polar surface area (TPSA) is 109 Å². The molecule has 0 unspecified atom stereocenters. The molecule has 0 aliphatic carbocycles. The van der Waals surface area contributed by atoms with Crippen molar-refractivity contribution in [1.82, 2.24) is 5.32 Å². The van der Waals surface area contributed by atoms with Gasteiger partial charge >= 0.3 is 6.09 Å². The summed E-state index contributed by atoms with van der Waals surface area (Å²) < 4.78 is 51.7. The van der Waals surface area contributed by atoms with Crippen molar-refractivity contribution in [2.75, 3.05) is 13.7 Å². The Balaban J connectivity index is 1.71. The van der Waals surface area contributed by atoms with Crippen LogP contribution in [-0.2, 0) is 39.7 Å². The van der Waals surface area contributed by atoms with Gasteiger partial charge in [-0.15, -0.1) is 0 Å². The molecule has 0 saturated carbocycles. The number of amides is 1. The molecule has 0 spiro atoms. The SMILES string of the molecule is COS(=O)(=O)c1ccc(C[C@H]2OC[C@H](NC(=O)OC(C)(C)C)[C@H]3OC(C)(C)O[C@@H]32)cc1. The van der Waals surface area contributed by atoms with Crippen LogP contribution in [0.2, 0.25) is 0 Å². The summed E-state index contributed by atoms with van der Waals surface area (Å²) in [5, 5.41) is 2.83. The average molecular weight is 458 g/mol. The van der Waals surface area contributed by atoms with Gasteiger partial charge in [0.1, 0.15) is 17.8 Å². The second-order valence-corrected chi connectivity index (χ2v) is 10.9. The molecule has 2 heterocycles. The molecule has 9 nitrogen and oxygen atoms in total. The number of alkyl carbamates (subject to hydrolysis) is 1. The lowest BCUT2D eigenvalue weighted by Crippen LogP contribution is -2.58. The summed E-state index contributed by atoms with van der Waals surface area (Å²) in [6.07, 6.45) is -1.19. The molecule has 0 bridgehead atoms. The highest BCUT2D eigenvalue weighted by Crippen LogP contribution is 2.36. The van der Waals surface area contributed by atoms with Gasteiger partial charge in [-0.1, -0.05) is 12.1 Å². The van der Waals surface area contributed by atoms with Crippen molar-refractivity contribution in [2.45, 2.75) is 81.7 Å².